The molecule has 5 nitrogen and oxygen atoms in total. The maximum Gasteiger partial charge on any atom is 0.169 e. The van der Waals surface area contributed by atoms with Gasteiger partial charge >= 0.3 is 0 Å². The lowest BCUT2D eigenvalue weighted by Crippen LogP contribution is -1.92. The van der Waals surface area contributed by atoms with Crippen LogP contribution < -0.4 is 5.73 Å². The zero-order chi connectivity index (χ0) is 11.8. The van der Waals surface area contributed by atoms with Crippen molar-refractivity contribution in [2.75, 3.05) is 5.73 Å². The molecule has 3 rings (SSSR count). The van der Waals surface area contributed by atoms with Gasteiger partial charge in [-0.05, 0) is 18.2 Å². The zero-order valence-electron chi connectivity index (χ0n) is 8.71. The molecule has 17 heavy (non-hydrogen) atoms. The second kappa shape index (κ2) is 3.71. The number of fused-ring (bicyclic) bond motifs is 1. The van der Waals surface area contributed by atoms with E-state index in [1.807, 2.05) is 6.07 Å². The van der Waals surface area contributed by atoms with Gasteiger partial charge in [-0.3, -0.25) is 4.40 Å². The molecular weight excluding hydrogens is 238 g/mol. The lowest BCUT2D eigenvalue weighted by atomic mass is 10.2. The van der Waals surface area contributed by atoms with E-state index in [9.17, 15) is 0 Å². The predicted octanol–water partition coefficient (Wildman–Crippen LogP) is 2.03. The standard InChI is InChI=1S/C11H8ClN5/c12-8-5-7(1-2-9(8)13)11-16-15-10-3-4-14-6-17(10)11/h1-6H,13H2. The number of hydrogen-bond donors (Lipinski definition) is 1. The molecule has 0 unspecified atom stereocenters. The first-order valence-electron chi connectivity index (χ1n) is 4.96. The summed E-state index contributed by atoms with van der Waals surface area (Å²) >= 11 is 5.98. The van der Waals surface area contributed by atoms with E-state index in [-0.39, 0.29) is 0 Å². The molecule has 3 aromatic rings. The molecule has 0 fully saturated rings. The molecule has 0 saturated heterocycles. The van der Waals surface area contributed by atoms with Gasteiger partial charge in [0.05, 0.1) is 10.7 Å². The van der Waals surface area contributed by atoms with Gasteiger partial charge < -0.3 is 5.73 Å². The number of aromatic nitrogens is 4. The maximum absolute atomic E-state index is 5.98. The molecule has 0 amide bonds. The van der Waals surface area contributed by atoms with Gasteiger partial charge in [0.25, 0.3) is 0 Å². The summed E-state index contributed by atoms with van der Waals surface area (Å²) in [6.07, 6.45) is 3.33. The third-order valence-electron chi connectivity index (χ3n) is 2.47. The maximum atomic E-state index is 5.98. The molecule has 0 spiro atoms. The number of hydrogen-bond acceptors (Lipinski definition) is 4. The molecule has 0 aliphatic rings. The molecule has 0 atom stereocenters. The van der Waals surface area contributed by atoms with Gasteiger partial charge in [-0.1, -0.05) is 11.6 Å². The summed E-state index contributed by atoms with van der Waals surface area (Å²) in [6.45, 7) is 0. The first-order valence-corrected chi connectivity index (χ1v) is 5.33. The van der Waals surface area contributed by atoms with Gasteiger partial charge in [0.15, 0.2) is 11.5 Å². The van der Waals surface area contributed by atoms with Crippen LogP contribution in [-0.2, 0) is 0 Å². The summed E-state index contributed by atoms with van der Waals surface area (Å²) in [4.78, 5) is 4.04. The number of benzene rings is 1. The molecule has 0 radical (unpaired) electrons. The molecule has 84 valence electrons. The normalized spacial score (nSPS) is 10.9. The summed E-state index contributed by atoms with van der Waals surface area (Å²) < 4.78 is 1.79. The van der Waals surface area contributed by atoms with E-state index >= 15 is 0 Å². The highest BCUT2D eigenvalue weighted by molar-refractivity contribution is 6.33. The molecule has 2 aromatic heterocycles. The predicted molar refractivity (Wildman–Crippen MR) is 65.6 cm³/mol. The van der Waals surface area contributed by atoms with Crippen molar-refractivity contribution in [3.05, 3.63) is 41.8 Å². The van der Waals surface area contributed by atoms with Crippen molar-refractivity contribution in [2.24, 2.45) is 0 Å². The van der Waals surface area contributed by atoms with Crippen LogP contribution in [0.4, 0.5) is 5.69 Å². The van der Waals surface area contributed by atoms with Gasteiger partial charge in [-0.15, -0.1) is 10.2 Å². The third kappa shape index (κ3) is 1.60. The molecule has 0 aliphatic carbocycles. The van der Waals surface area contributed by atoms with E-state index in [0.717, 1.165) is 11.2 Å². The van der Waals surface area contributed by atoms with E-state index < -0.39 is 0 Å². The van der Waals surface area contributed by atoms with Crippen molar-refractivity contribution in [2.45, 2.75) is 0 Å². The smallest absolute Gasteiger partial charge is 0.169 e. The van der Waals surface area contributed by atoms with Crippen molar-refractivity contribution in [1.29, 1.82) is 0 Å². The average Bonchev–Trinajstić information content (AvgIpc) is 2.76. The Labute approximate surface area is 102 Å². The third-order valence-corrected chi connectivity index (χ3v) is 2.80. The number of nitrogens with two attached hydrogens (primary N) is 1. The summed E-state index contributed by atoms with van der Waals surface area (Å²) in [5, 5.41) is 8.66. The zero-order valence-corrected chi connectivity index (χ0v) is 9.46. The van der Waals surface area contributed by atoms with E-state index in [1.165, 1.54) is 0 Å². The van der Waals surface area contributed by atoms with Gasteiger partial charge in [-0.2, -0.15) is 0 Å². The summed E-state index contributed by atoms with van der Waals surface area (Å²) in [5.41, 5.74) is 7.80. The van der Waals surface area contributed by atoms with Crippen molar-refractivity contribution in [1.82, 2.24) is 19.6 Å². The quantitative estimate of drug-likeness (QED) is 0.666. The van der Waals surface area contributed by atoms with Crippen LogP contribution in [0.25, 0.3) is 17.0 Å². The van der Waals surface area contributed by atoms with E-state index in [0.29, 0.717) is 16.5 Å². The first-order chi connectivity index (χ1) is 8.25. The highest BCUT2D eigenvalue weighted by Gasteiger charge is 2.08. The van der Waals surface area contributed by atoms with Crippen LogP contribution in [-0.4, -0.2) is 19.6 Å². The second-order valence-corrected chi connectivity index (χ2v) is 3.98. The SMILES string of the molecule is Nc1ccc(-c2nnc3ccncn23)cc1Cl. The van der Waals surface area contributed by atoms with Crippen molar-refractivity contribution in [3.63, 3.8) is 0 Å². The number of rotatable bonds is 1. The number of halogens is 1. The van der Waals surface area contributed by atoms with Crippen LogP contribution in [0.2, 0.25) is 5.02 Å². The molecule has 6 heteroatoms. The Kier molecular flexibility index (Phi) is 2.19. The monoisotopic (exact) mass is 245 g/mol. The fourth-order valence-corrected chi connectivity index (χ4v) is 1.79. The van der Waals surface area contributed by atoms with Gasteiger partial charge in [-0.25, -0.2) is 4.98 Å². The minimum atomic E-state index is 0.503. The molecule has 0 aliphatic heterocycles. The molecular formula is C11H8ClN5. The topological polar surface area (TPSA) is 69.1 Å². The molecule has 1 aromatic carbocycles. The van der Waals surface area contributed by atoms with Gasteiger partial charge in [0, 0.05) is 17.8 Å². The molecule has 2 N–H and O–H groups in total. The fraction of sp³-hybridized carbons (Fsp3) is 0. The minimum absolute atomic E-state index is 0.503. The first kappa shape index (κ1) is 10.0. The van der Waals surface area contributed by atoms with Crippen LogP contribution in [0.3, 0.4) is 0 Å². The lowest BCUT2D eigenvalue weighted by molar-refractivity contribution is 1.08. The number of nitrogen functional groups attached to an aromatic ring is 1. The average molecular weight is 246 g/mol. The van der Waals surface area contributed by atoms with E-state index in [1.54, 1.807) is 35.1 Å². The van der Waals surface area contributed by atoms with Gasteiger partial charge in [0.1, 0.15) is 6.33 Å². The van der Waals surface area contributed by atoms with Crippen LogP contribution in [0.5, 0.6) is 0 Å². The summed E-state index contributed by atoms with van der Waals surface area (Å²) in [7, 11) is 0. The number of nitrogens with zero attached hydrogens (tertiary/aromatic N) is 4. The highest BCUT2D eigenvalue weighted by Crippen LogP contribution is 2.25. The van der Waals surface area contributed by atoms with E-state index in [4.69, 9.17) is 17.3 Å². The molecule has 0 saturated carbocycles. The Morgan fingerprint density at radius 1 is 1.18 bits per heavy atom. The van der Waals surface area contributed by atoms with Crippen molar-refractivity contribution < 1.29 is 0 Å². The Morgan fingerprint density at radius 3 is 2.88 bits per heavy atom. The van der Waals surface area contributed by atoms with Gasteiger partial charge in [0.2, 0.25) is 0 Å². The van der Waals surface area contributed by atoms with Crippen LogP contribution in [0.1, 0.15) is 0 Å². The molecule has 2 heterocycles. The minimum Gasteiger partial charge on any atom is -0.398 e. The second-order valence-electron chi connectivity index (χ2n) is 3.57. The highest BCUT2D eigenvalue weighted by atomic mass is 35.5. The Balaban J connectivity index is 2.24. The van der Waals surface area contributed by atoms with Crippen molar-refractivity contribution in [3.8, 4) is 11.4 Å². The van der Waals surface area contributed by atoms with Crippen LogP contribution in [0, 0.1) is 0 Å². The Morgan fingerprint density at radius 2 is 2.06 bits per heavy atom. The van der Waals surface area contributed by atoms with E-state index in [2.05, 4.69) is 15.2 Å². The fourth-order valence-electron chi connectivity index (χ4n) is 1.61. The molecule has 0 bridgehead atoms. The van der Waals surface area contributed by atoms with Crippen LogP contribution in [0.15, 0.2) is 36.8 Å². The Hall–Kier alpha value is -2.14. The van der Waals surface area contributed by atoms with Crippen LogP contribution >= 0.6 is 11.6 Å². The number of anilines is 1. The summed E-state index contributed by atoms with van der Waals surface area (Å²) in [6, 6.07) is 7.15. The largest absolute Gasteiger partial charge is 0.398 e. The van der Waals surface area contributed by atoms with Crippen molar-refractivity contribution >= 4 is 22.9 Å². The lowest BCUT2D eigenvalue weighted by Gasteiger charge is -2.02. The Bertz CT molecular complexity index is 691. The summed E-state index contributed by atoms with van der Waals surface area (Å²) in [5.74, 6) is 0.690.